The molecule has 0 N–H and O–H groups in total. The number of pyridine rings is 1. The van der Waals surface area contributed by atoms with Gasteiger partial charge in [0.1, 0.15) is 0 Å². The summed E-state index contributed by atoms with van der Waals surface area (Å²) in [6, 6.07) is 8.70. The maximum atomic E-state index is 9.69. The normalized spacial score (nSPS) is 39.5. The number of rotatable bonds is 3. The van der Waals surface area contributed by atoms with E-state index in [0.717, 1.165) is 35.8 Å². The van der Waals surface area contributed by atoms with Crippen LogP contribution in [0.25, 0.3) is 0 Å². The molecule has 4 aliphatic carbocycles. The third-order valence-electron chi connectivity index (χ3n) is 6.09. The molecule has 1 heterocycles. The summed E-state index contributed by atoms with van der Waals surface area (Å²) in [5.74, 6) is 4.47. The summed E-state index contributed by atoms with van der Waals surface area (Å²) in [5, 5.41) is 9.69. The highest BCUT2D eigenvalue weighted by molar-refractivity contribution is 5.10. The molecular formula is C18H22N2. The Balaban J connectivity index is 1.55. The monoisotopic (exact) mass is 266 g/mol. The summed E-state index contributed by atoms with van der Waals surface area (Å²) in [6.45, 7) is 0. The average Bonchev–Trinajstić information content (AvgIpc) is 2.46. The molecule has 5 rings (SSSR count). The summed E-state index contributed by atoms with van der Waals surface area (Å²) in [4.78, 5) is 4.43. The van der Waals surface area contributed by atoms with Gasteiger partial charge in [0.15, 0.2) is 0 Å². The van der Waals surface area contributed by atoms with Crippen LogP contribution in [0.15, 0.2) is 24.4 Å². The van der Waals surface area contributed by atoms with E-state index in [2.05, 4.69) is 17.1 Å². The SMILES string of the molecule is N#CC(Cc1ccccn1)C1C2CC3CC(C2)CC1C3. The van der Waals surface area contributed by atoms with Crippen molar-refractivity contribution >= 4 is 0 Å². The Morgan fingerprint density at radius 3 is 2.35 bits per heavy atom. The van der Waals surface area contributed by atoms with Crippen LogP contribution >= 0.6 is 0 Å². The molecule has 0 saturated heterocycles. The van der Waals surface area contributed by atoms with Crippen molar-refractivity contribution in [2.24, 2.45) is 35.5 Å². The zero-order chi connectivity index (χ0) is 13.5. The molecule has 0 amide bonds. The Kier molecular flexibility index (Phi) is 3.02. The van der Waals surface area contributed by atoms with Crippen molar-refractivity contribution in [1.82, 2.24) is 4.98 Å². The molecule has 104 valence electrons. The molecule has 1 aromatic rings. The zero-order valence-electron chi connectivity index (χ0n) is 11.9. The molecule has 2 heteroatoms. The van der Waals surface area contributed by atoms with Crippen molar-refractivity contribution in [3.63, 3.8) is 0 Å². The highest BCUT2D eigenvalue weighted by Crippen LogP contribution is 2.58. The van der Waals surface area contributed by atoms with Crippen molar-refractivity contribution in [2.45, 2.75) is 38.5 Å². The Morgan fingerprint density at radius 2 is 1.80 bits per heavy atom. The molecule has 0 aliphatic heterocycles. The van der Waals surface area contributed by atoms with Gasteiger partial charge in [-0.3, -0.25) is 4.98 Å². The fraction of sp³-hybridized carbons (Fsp3) is 0.667. The Bertz CT molecular complexity index is 488. The lowest BCUT2D eigenvalue weighted by atomic mass is 9.49. The Labute approximate surface area is 121 Å². The van der Waals surface area contributed by atoms with Gasteiger partial charge in [-0.05, 0) is 73.8 Å². The first-order chi connectivity index (χ1) is 9.83. The molecule has 0 aromatic carbocycles. The van der Waals surface area contributed by atoms with Gasteiger partial charge >= 0.3 is 0 Å². The molecule has 1 unspecified atom stereocenters. The first-order valence-electron chi connectivity index (χ1n) is 8.13. The second-order valence-corrected chi connectivity index (χ2v) is 7.27. The largest absolute Gasteiger partial charge is 0.261 e. The third-order valence-corrected chi connectivity index (χ3v) is 6.09. The minimum absolute atomic E-state index is 0.180. The van der Waals surface area contributed by atoms with E-state index in [-0.39, 0.29) is 5.92 Å². The van der Waals surface area contributed by atoms with Crippen molar-refractivity contribution in [3.8, 4) is 6.07 Å². The van der Waals surface area contributed by atoms with E-state index >= 15 is 0 Å². The van der Waals surface area contributed by atoms with Crippen LogP contribution in [0.3, 0.4) is 0 Å². The first-order valence-corrected chi connectivity index (χ1v) is 8.13. The number of nitrogens with zero attached hydrogens (tertiary/aromatic N) is 2. The predicted molar refractivity (Wildman–Crippen MR) is 77.6 cm³/mol. The quantitative estimate of drug-likeness (QED) is 0.833. The number of aromatic nitrogens is 1. The summed E-state index contributed by atoms with van der Waals surface area (Å²) < 4.78 is 0. The standard InChI is InChI=1S/C18H22N2/c19-11-16(10-17-3-1-2-4-20-17)18-14-6-12-5-13(8-14)9-15(18)7-12/h1-4,12-16,18H,5-10H2. The predicted octanol–water partition coefficient (Wildman–Crippen LogP) is 3.84. The molecule has 1 atom stereocenters. The van der Waals surface area contributed by atoms with Crippen molar-refractivity contribution < 1.29 is 0 Å². The van der Waals surface area contributed by atoms with Gasteiger partial charge in [0, 0.05) is 18.3 Å². The lowest BCUT2D eigenvalue weighted by Gasteiger charge is -2.55. The van der Waals surface area contributed by atoms with E-state index in [1.165, 1.54) is 32.1 Å². The number of nitriles is 1. The van der Waals surface area contributed by atoms with Crippen LogP contribution in [-0.4, -0.2) is 4.98 Å². The molecule has 4 bridgehead atoms. The van der Waals surface area contributed by atoms with E-state index in [0.29, 0.717) is 5.92 Å². The summed E-state index contributed by atoms with van der Waals surface area (Å²) >= 11 is 0. The first kappa shape index (κ1) is 12.4. The summed E-state index contributed by atoms with van der Waals surface area (Å²) in [6.07, 6.45) is 9.79. The highest BCUT2D eigenvalue weighted by Gasteiger charge is 2.50. The molecule has 4 fully saturated rings. The van der Waals surface area contributed by atoms with Crippen LogP contribution in [0.2, 0.25) is 0 Å². The van der Waals surface area contributed by atoms with Gasteiger partial charge in [0.2, 0.25) is 0 Å². The third kappa shape index (κ3) is 2.04. The second-order valence-electron chi connectivity index (χ2n) is 7.27. The summed E-state index contributed by atoms with van der Waals surface area (Å²) in [7, 11) is 0. The molecule has 4 aliphatic rings. The Morgan fingerprint density at radius 1 is 1.10 bits per heavy atom. The van der Waals surface area contributed by atoms with Crippen LogP contribution in [0.4, 0.5) is 0 Å². The zero-order valence-corrected chi connectivity index (χ0v) is 11.9. The fourth-order valence-corrected chi connectivity index (χ4v) is 5.64. The van der Waals surface area contributed by atoms with Gasteiger partial charge in [-0.25, -0.2) is 0 Å². The van der Waals surface area contributed by atoms with Crippen LogP contribution in [0.5, 0.6) is 0 Å². The van der Waals surface area contributed by atoms with E-state index in [1.54, 1.807) is 0 Å². The van der Waals surface area contributed by atoms with Crippen molar-refractivity contribution in [2.75, 3.05) is 0 Å². The fourth-order valence-electron chi connectivity index (χ4n) is 5.64. The molecule has 0 radical (unpaired) electrons. The van der Waals surface area contributed by atoms with Gasteiger partial charge in [0.05, 0.1) is 12.0 Å². The molecule has 4 saturated carbocycles. The minimum Gasteiger partial charge on any atom is -0.261 e. The lowest BCUT2D eigenvalue weighted by molar-refractivity contribution is -0.0522. The molecule has 20 heavy (non-hydrogen) atoms. The molecular weight excluding hydrogens is 244 g/mol. The topological polar surface area (TPSA) is 36.7 Å². The van der Waals surface area contributed by atoms with Crippen LogP contribution < -0.4 is 0 Å². The van der Waals surface area contributed by atoms with E-state index < -0.39 is 0 Å². The summed E-state index contributed by atoms with van der Waals surface area (Å²) in [5.41, 5.74) is 1.09. The van der Waals surface area contributed by atoms with E-state index in [4.69, 9.17) is 0 Å². The highest BCUT2D eigenvalue weighted by atomic mass is 14.7. The minimum atomic E-state index is 0.180. The van der Waals surface area contributed by atoms with Gasteiger partial charge in [-0.15, -0.1) is 0 Å². The number of hydrogen-bond donors (Lipinski definition) is 0. The van der Waals surface area contributed by atoms with Gasteiger partial charge in [0.25, 0.3) is 0 Å². The molecule has 0 spiro atoms. The van der Waals surface area contributed by atoms with E-state index in [9.17, 15) is 5.26 Å². The maximum Gasteiger partial charge on any atom is 0.0663 e. The maximum absolute atomic E-state index is 9.69. The smallest absolute Gasteiger partial charge is 0.0663 e. The van der Waals surface area contributed by atoms with Crippen LogP contribution in [-0.2, 0) is 6.42 Å². The van der Waals surface area contributed by atoms with Crippen LogP contribution in [0, 0.1) is 46.8 Å². The van der Waals surface area contributed by atoms with Gasteiger partial charge in [-0.2, -0.15) is 5.26 Å². The van der Waals surface area contributed by atoms with Crippen molar-refractivity contribution in [1.29, 1.82) is 5.26 Å². The molecule has 1 aromatic heterocycles. The van der Waals surface area contributed by atoms with Gasteiger partial charge < -0.3 is 0 Å². The Hall–Kier alpha value is -1.36. The lowest BCUT2D eigenvalue weighted by Crippen LogP contribution is -2.47. The molecule has 2 nitrogen and oxygen atoms in total. The van der Waals surface area contributed by atoms with Gasteiger partial charge in [-0.1, -0.05) is 6.07 Å². The van der Waals surface area contributed by atoms with Crippen LogP contribution in [0.1, 0.15) is 37.8 Å². The van der Waals surface area contributed by atoms with E-state index in [1.807, 2.05) is 18.3 Å². The van der Waals surface area contributed by atoms with Crippen molar-refractivity contribution in [3.05, 3.63) is 30.1 Å². The number of hydrogen-bond acceptors (Lipinski definition) is 2. The average molecular weight is 266 g/mol. The second kappa shape index (κ2) is 4.88.